The van der Waals surface area contributed by atoms with Crippen LogP contribution in [0.15, 0.2) is 24.3 Å². The second-order valence-corrected chi connectivity index (χ2v) is 4.05. The van der Waals surface area contributed by atoms with Crippen molar-refractivity contribution in [3.05, 3.63) is 24.3 Å². The van der Waals surface area contributed by atoms with Gasteiger partial charge in [-0.15, -0.1) is 0 Å². The minimum absolute atomic E-state index is 0.0266. The molecule has 0 aliphatic carbocycles. The molecule has 0 unspecified atom stereocenters. The number of amides is 4. The first-order valence-corrected chi connectivity index (χ1v) is 5.45. The van der Waals surface area contributed by atoms with E-state index in [4.69, 9.17) is 0 Å². The predicted molar refractivity (Wildman–Crippen MR) is 66.3 cm³/mol. The van der Waals surface area contributed by atoms with Gasteiger partial charge in [0.05, 0.1) is 0 Å². The number of nitrogens with zero attached hydrogens (tertiary/aromatic N) is 2. The summed E-state index contributed by atoms with van der Waals surface area (Å²) in [6.07, 6.45) is 0. The van der Waals surface area contributed by atoms with E-state index in [1.165, 1.54) is 18.9 Å². The zero-order valence-corrected chi connectivity index (χ0v) is 10.1. The van der Waals surface area contributed by atoms with Gasteiger partial charge < -0.3 is 5.32 Å². The Labute approximate surface area is 104 Å². The number of carbonyl (C=O) groups excluding carboxylic acids is 3. The largest absolute Gasteiger partial charge is 0.331 e. The highest BCUT2D eigenvalue weighted by Gasteiger charge is 2.33. The minimum atomic E-state index is -0.361. The lowest BCUT2D eigenvalue weighted by molar-refractivity contribution is -0.124. The summed E-state index contributed by atoms with van der Waals surface area (Å²) in [5.74, 6) is -0.432. The molecule has 1 N–H and O–H groups in total. The molecular formula is C12H13N3O3. The smallest absolute Gasteiger partial charge is 0.326 e. The first-order valence-electron chi connectivity index (χ1n) is 5.45. The number of benzene rings is 1. The normalized spacial score (nSPS) is 15.2. The van der Waals surface area contributed by atoms with Gasteiger partial charge in [0.25, 0.3) is 0 Å². The van der Waals surface area contributed by atoms with E-state index >= 15 is 0 Å². The standard InChI is InChI=1S/C12H13N3O3/c1-8(16)13-9-4-3-5-10(6-9)15-7-11(17)14(2)12(15)18/h3-6H,7H2,1-2H3,(H,13,16). The molecule has 0 bridgehead atoms. The number of urea groups is 1. The van der Waals surface area contributed by atoms with Gasteiger partial charge in [-0.25, -0.2) is 4.79 Å². The van der Waals surface area contributed by atoms with Crippen LogP contribution in [-0.4, -0.2) is 36.3 Å². The molecular weight excluding hydrogens is 234 g/mol. The summed E-state index contributed by atoms with van der Waals surface area (Å²) < 4.78 is 0. The van der Waals surface area contributed by atoms with E-state index in [0.717, 1.165) is 4.90 Å². The Morgan fingerprint density at radius 3 is 2.61 bits per heavy atom. The van der Waals surface area contributed by atoms with Crippen LogP contribution in [0.25, 0.3) is 0 Å². The summed E-state index contributed by atoms with van der Waals surface area (Å²) >= 11 is 0. The monoisotopic (exact) mass is 247 g/mol. The van der Waals surface area contributed by atoms with Crippen molar-refractivity contribution >= 4 is 29.2 Å². The number of rotatable bonds is 2. The Kier molecular flexibility index (Phi) is 3.01. The molecule has 18 heavy (non-hydrogen) atoms. The summed E-state index contributed by atoms with van der Waals surface area (Å²) in [6, 6.07) is 6.45. The summed E-state index contributed by atoms with van der Waals surface area (Å²) in [7, 11) is 1.45. The lowest BCUT2D eigenvalue weighted by Gasteiger charge is -2.15. The number of carbonyl (C=O) groups is 3. The molecule has 6 nitrogen and oxygen atoms in total. The first kappa shape index (κ1) is 12.1. The van der Waals surface area contributed by atoms with Crippen LogP contribution in [0.3, 0.4) is 0 Å². The number of hydrogen-bond acceptors (Lipinski definition) is 3. The van der Waals surface area contributed by atoms with E-state index in [0.29, 0.717) is 11.4 Å². The Balaban J connectivity index is 2.26. The third-order valence-corrected chi connectivity index (χ3v) is 2.66. The number of imide groups is 1. The van der Waals surface area contributed by atoms with E-state index < -0.39 is 0 Å². The zero-order valence-electron chi connectivity index (χ0n) is 10.1. The van der Waals surface area contributed by atoms with Crippen LogP contribution in [0.1, 0.15) is 6.92 Å². The molecule has 0 spiro atoms. The van der Waals surface area contributed by atoms with Crippen molar-refractivity contribution in [2.24, 2.45) is 0 Å². The minimum Gasteiger partial charge on any atom is -0.326 e. The van der Waals surface area contributed by atoms with E-state index in [2.05, 4.69) is 5.32 Å². The quantitative estimate of drug-likeness (QED) is 0.794. The zero-order chi connectivity index (χ0) is 13.3. The Morgan fingerprint density at radius 2 is 2.06 bits per heavy atom. The molecule has 0 aromatic heterocycles. The number of anilines is 2. The SMILES string of the molecule is CC(=O)Nc1cccc(N2CC(=O)N(C)C2=O)c1. The van der Waals surface area contributed by atoms with E-state index in [1.54, 1.807) is 24.3 Å². The highest BCUT2D eigenvalue weighted by atomic mass is 16.2. The first-order chi connectivity index (χ1) is 8.49. The lowest BCUT2D eigenvalue weighted by atomic mass is 10.2. The van der Waals surface area contributed by atoms with Gasteiger partial charge in [0.2, 0.25) is 11.8 Å². The fourth-order valence-corrected chi connectivity index (χ4v) is 1.75. The summed E-state index contributed by atoms with van der Waals surface area (Å²) in [6.45, 7) is 1.43. The second kappa shape index (κ2) is 4.48. The van der Waals surface area contributed by atoms with E-state index in [-0.39, 0.29) is 24.4 Å². The Hall–Kier alpha value is -2.37. The second-order valence-electron chi connectivity index (χ2n) is 4.05. The van der Waals surface area contributed by atoms with Crippen LogP contribution in [0.4, 0.5) is 16.2 Å². The van der Waals surface area contributed by atoms with Crippen LogP contribution >= 0.6 is 0 Å². The lowest BCUT2D eigenvalue weighted by Crippen LogP contribution is -2.29. The molecule has 1 aliphatic rings. The molecule has 1 heterocycles. The van der Waals surface area contributed by atoms with Crippen LogP contribution in [0.2, 0.25) is 0 Å². The summed E-state index contributed by atoms with van der Waals surface area (Å²) in [4.78, 5) is 36.6. The van der Waals surface area contributed by atoms with Crippen LogP contribution in [0.5, 0.6) is 0 Å². The predicted octanol–water partition coefficient (Wildman–Crippen LogP) is 1.04. The molecule has 1 aromatic carbocycles. The third kappa shape index (κ3) is 2.17. The average Bonchev–Trinajstić information content (AvgIpc) is 2.56. The molecule has 1 aliphatic heterocycles. The molecule has 1 fully saturated rings. The molecule has 94 valence electrons. The number of likely N-dealkylation sites (N-methyl/N-ethyl adjacent to an activating group) is 1. The number of hydrogen-bond donors (Lipinski definition) is 1. The third-order valence-electron chi connectivity index (χ3n) is 2.66. The molecule has 4 amide bonds. The van der Waals surface area contributed by atoms with E-state index in [9.17, 15) is 14.4 Å². The van der Waals surface area contributed by atoms with Gasteiger partial charge in [0.15, 0.2) is 0 Å². The van der Waals surface area contributed by atoms with Gasteiger partial charge in [0.1, 0.15) is 6.54 Å². The highest BCUT2D eigenvalue weighted by Crippen LogP contribution is 2.23. The molecule has 1 saturated heterocycles. The van der Waals surface area contributed by atoms with Crippen molar-refractivity contribution < 1.29 is 14.4 Å². The van der Waals surface area contributed by atoms with Crippen molar-refractivity contribution in [1.29, 1.82) is 0 Å². The Bertz CT molecular complexity index is 527. The van der Waals surface area contributed by atoms with Gasteiger partial charge in [-0.2, -0.15) is 0 Å². The van der Waals surface area contributed by atoms with Crippen LogP contribution < -0.4 is 10.2 Å². The van der Waals surface area contributed by atoms with Crippen molar-refractivity contribution in [3.8, 4) is 0 Å². The van der Waals surface area contributed by atoms with Crippen molar-refractivity contribution in [2.75, 3.05) is 23.8 Å². The maximum Gasteiger partial charge on any atom is 0.331 e. The molecule has 0 radical (unpaired) electrons. The van der Waals surface area contributed by atoms with Crippen molar-refractivity contribution in [1.82, 2.24) is 4.90 Å². The summed E-state index contributed by atoms with van der Waals surface area (Å²) in [5.41, 5.74) is 1.18. The number of nitrogens with one attached hydrogen (secondary N) is 1. The van der Waals surface area contributed by atoms with Gasteiger partial charge in [-0.05, 0) is 18.2 Å². The molecule has 0 atom stereocenters. The van der Waals surface area contributed by atoms with Crippen molar-refractivity contribution in [2.45, 2.75) is 6.92 Å². The van der Waals surface area contributed by atoms with Crippen LogP contribution in [-0.2, 0) is 9.59 Å². The summed E-state index contributed by atoms with van der Waals surface area (Å²) in [5, 5.41) is 2.63. The fourth-order valence-electron chi connectivity index (χ4n) is 1.75. The molecule has 2 rings (SSSR count). The maximum atomic E-state index is 11.8. The van der Waals surface area contributed by atoms with Crippen LogP contribution in [0, 0.1) is 0 Å². The van der Waals surface area contributed by atoms with Gasteiger partial charge in [0, 0.05) is 25.3 Å². The maximum absolute atomic E-state index is 11.8. The molecule has 1 aromatic rings. The molecule has 6 heteroatoms. The topological polar surface area (TPSA) is 69.7 Å². The van der Waals surface area contributed by atoms with Gasteiger partial charge in [-0.1, -0.05) is 6.07 Å². The average molecular weight is 247 g/mol. The van der Waals surface area contributed by atoms with Crippen molar-refractivity contribution in [3.63, 3.8) is 0 Å². The van der Waals surface area contributed by atoms with Gasteiger partial charge >= 0.3 is 6.03 Å². The van der Waals surface area contributed by atoms with Gasteiger partial charge in [-0.3, -0.25) is 19.4 Å². The Morgan fingerprint density at radius 1 is 1.33 bits per heavy atom. The highest BCUT2D eigenvalue weighted by molar-refractivity contribution is 6.12. The van der Waals surface area contributed by atoms with E-state index in [1.807, 2.05) is 0 Å². The fraction of sp³-hybridized carbons (Fsp3) is 0.250. The molecule has 0 saturated carbocycles.